The van der Waals surface area contributed by atoms with Gasteiger partial charge in [0.2, 0.25) is 11.4 Å². The number of nitrogens with zero attached hydrogens (tertiary/aromatic N) is 5. The van der Waals surface area contributed by atoms with Crippen molar-refractivity contribution in [2.75, 3.05) is 0 Å². The number of halogens is 5. The lowest BCUT2D eigenvalue weighted by Crippen LogP contribution is -2.12. The standard InChI is InChI=1S/C21H16Cl2F3N5O/c1-10(2)28-19-13-8-12(22)7-11(3)17(13)29-20(32-19)15-9-16(21(24,25)26)30-31(15)18-14(23)5-4-6-27-18/h4-10H,1-3H3/b28-19-. The average Bonchev–Trinajstić information content (AvgIpc) is 3.14. The summed E-state index contributed by atoms with van der Waals surface area (Å²) in [4.78, 5) is 13.0. The van der Waals surface area contributed by atoms with Crippen LogP contribution in [0.2, 0.25) is 10.0 Å². The van der Waals surface area contributed by atoms with Crippen LogP contribution in [0.15, 0.2) is 45.9 Å². The first kappa shape index (κ1) is 22.3. The van der Waals surface area contributed by atoms with Gasteiger partial charge < -0.3 is 4.42 Å². The van der Waals surface area contributed by atoms with Crippen LogP contribution in [-0.2, 0) is 6.18 Å². The van der Waals surface area contributed by atoms with Crippen molar-refractivity contribution in [3.63, 3.8) is 0 Å². The molecule has 1 aromatic carbocycles. The van der Waals surface area contributed by atoms with Gasteiger partial charge in [-0.2, -0.15) is 18.3 Å². The van der Waals surface area contributed by atoms with Crippen molar-refractivity contribution < 1.29 is 17.6 Å². The normalized spacial score (nSPS) is 12.8. The minimum absolute atomic E-state index is 0.00643. The van der Waals surface area contributed by atoms with Crippen molar-refractivity contribution in [1.82, 2.24) is 19.7 Å². The minimum Gasteiger partial charge on any atom is -0.418 e. The predicted octanol–water partition coefficient (Wildman–Crippen LogP) is 6.02. The fourth-order valence-electron chi connectivity index (χ4n) is 3.12. The summed E-state index contributed by atoms with van der Waals surface area (Å²) in [6, 6.07) is 7.10. The molecule has 0 unspecified atom stereocenters. The third-order valence-corrected chi connectivity index (χ3v) is 4.95. The molecule has 4 aromatic rings. The van der Waals surface area contributed by atoms with Gasteiger partial charge in [-0.3, -0.25) is 0 Å². The molecule has 6 nitrogen and oxygen atoms in total. The van der Waals surface area contributed by atoms with E-state index in [4.69, 9.17) is 27.6 Å². The summed E-state index contributed by atoms with van der Waals surface area (Å²) in [5.74, 6) is -0.112. The van der Waals surface area contributed by atoms with Gasteiger partial charge in [-0.1, -0.05) is 23.2 Å². The Morgan fingerprint density at radius 3 is 2.56 bits per heavy atom. The van der Waals surface area contributed by atoms with Crippen molar-refractivity contribution in [3.8, 4) is 17.4 Å². The summed E-state index contributed by atoms with van der Waals surface area (Å²) in [7, 11) is 0. The zero-order valence-electron chi connectivity index (χ0n) is 17.1. The summed E-state index contributed by atoms with van der Waals surface area (Å²) in [6.45, 7) is 5.48. The van der Waals surface area contributed by atoms with Crippen LogP contribution in [0.5, 0.6) is 0 Å². The molecule has 3 aromatic heterocycles. The fourth-order valence-corrected chi connectivity index (χ4v) is 3.60. The first-order valence-corrected chi connectivity index (χ1v) is 10.2. The molecule has 0 bridgehead atoms. The molecule has 0 spiro atoms. The lowest BCUT2D eigenvalue weighted by molar-refractivity contribution is -0.141. The second-order valence-corrected chi connectivity index (χ2v) is 8.14. The number of aromatic nitrogens is 4. The Morgan fingerprint density at radius 2 is 1.91 bits per heavy atom. The van der Waals surface area contributed by atoms with Crippen LogP contribution in [0, 0.1) is 6.92 Å². The van der Waals surface area contributed by atoms with Crippen LogP contribution in [0.4, 0.5) is 13.2 Å². The molecule has 0 aliphatic carbocycles. The molecule has 32 heavy (non-hydrogen) atoms. The molecule has 11 heteroatoms. The Hall–Kier alpha value is -2.91. The van der Waals surface area contributed by atoms with E-state index in [1.807, 2.05) is 13.8 Å². The maximum Gasteiger partial charge on any atom is 0.435 e. The Balaban J connectivity index is 2.09. The van der Waals surface area contributed by atoms with E-state index in [9.17, 15) is 13.2 Å². The van der Waals surface area contributed by atoms with Crippen LogP contribution in [0.25, 0.3) is 28.3 Å². The van der Waals surface area contributed by atoms with Crippen LogP contribution >= 0.6 is 23.2 Å². The Bertz CT molecular complexity index is 1390. The molecular formula is C21H16Cl2F3N5O. The Kier molecular flexibility index (Phi) is 5.72. The molecule has 0 aliphatic rings. The van der Waals surface area contributed by atoms with Crippen molar-refractivity contribution >= 4 is 34.1 Å². The monoisotopic (exact) mass is 481 g/mol. The summed E-state index contributed by atoms with van der Waals surface area (Å²) in [5.41, 5.74) is 0.182. The quantitative estimate of drug-likeness (QED) is 0.358. The molecular weight excluding hydrogens is 466 g/mol. The van der Waals surface area contributed by atoms with E-state index in [1.54, 1.807) is 25.1 Å². The number of benzene rings is 1. The smallest absolute Gasteiger partial charge is 0.418 e. The molecule has 0 saturated heterocycles. The fraction of sp³-hybridized carbons (Fsp3) is 0.238. The van der Waals surface area contributed by atoms with E-state index >= 15 is 0 Å². The van der Waals surface area contributed by atoms with Gasteiger partial charge in [-0.25, -0.2) is 19.6 Å². The van der Waals surface area contributed by atoms with Crippen molar-refractivity contribution in [2.24, 2.45) is 4.99 Å². The third-order valence-electron chi connectivity index (χ3n) is 4.44. The van der Waals surface area contributed by atoms with Gasteiger partial charge in [-0.05, 0) is 50.6 Å². The topological polar surface area (TPSA) is 69.1 Å². The molecule has 0 amide bonds. The number of hydrogen-bond donors (Lipinski definition) is 0. The largest absolute Gasteiger partial charge is 0.435 e. The number of pyridine rings is 1. The highest BCUT2D eigenvalue weighted by Crippen LogP contribution is 2.34. The molecule has 166 valence electrons. The predicted molar refractivity (Wildman–Crippen MR) is 115 cm³/mol. The van der Waals surface area contributed by atoms with E-state index in [1.165, 1.54) is 12.3 Å². The van der Waals surface area contributed by atoms with E-state index < -0.39 is 11.9 Å². The van der Waals surface area contributed by atoms with E-state index in [0.717, 1.165) is 10.7 Å². The van der Waals surface area contributed by atoms with Gasteiger partial charge in [-0.15, -0.1) is 0 Å². The molecule has 0 fully saturated rings. The molecule has 0 radical (unpaired) electrons. The first-order valence-electron chi connectivity index (χ1n) is 9.48. The van der Waals surface area contributed by atoms with E-state index in [2.05, 4.69) is 20.1 Å². The highest BCUT2D eigenvalue weighted by molar-refractivity contribution is 6.32. The number of rotatable bonds is 3. The van der Waals surface area contributed by atoms with Gasteiger partial charge in [0.05, 0.1) is 15.9 Å². The Morgan fingerprint density at radius 1 is 1.16 bits per heavy atom. The van der Waals surface area contributed by atoms with Crippen LogP contribution in [-0.4, -0.2) is 25.8 Å². The minimum atomic E-state index is -4.70. The average molecular weight is 482 g/mol. The van der Waals surface area contributed by atoms with Gasteiger partial charge in [0.25, 0.3) is 0 Å². The van der Waals surface area contributed by atoms with Crippen molar-refractivity contribution in [1.29, 1.82) is 0 Å². The lowest BCUT2D eigenvalue weighted by Gasteiger charge is -2.09. The first-order chi connectivity index (χ1) is 15.0. The van der Waals surface area contributed by atoms with Gasteiger partial charge in [0.1, 0.15) is 5.69 Å². The third kappa shape index (κ3) is 4.22. The molecule has 3 heterocycles. The molecule has 0 saturated carbocycles. The van der Waals surface area contributed by atoms with Crippen LogP contribution in [0.1, 0.15) is 25.1 Å². The van der Waals surface area contributed by atoms with Gasteiger partial charge in [0, 0.05) is 23.3 Å². The lowest BCUT2D eigenvalue weighted by atomic mass is 10.1. The number of hydrogen-bond acceptors (Lipinski definition) is 5. The number of aryl methyl sites for hydroxylation is 1. The maximum absolute atomic E-state index is 13.5. The zero-order chi connectivity index (χ0) is 23.2. The van der Waals surface area contributed by atoms with Crippen molar-refractivity contribution in [2.45, 2.75) is 33.0 Å². The highest BCUT2D eigenvalue weighted by Gasteiger charge is 2.36. The summed E-state index contributed by atoms with van der Waals surface area (Å²) < 4.78 is 47.4. The molecule has 0 aliphatic heterocycles. The van der Waals surface area contributed by atoms with Crippen LogP contribution < -0.4 is 5.55 Å². The van der Waals surface area contributed by atoms with Gasteiger partial charge in [0.15, 0.2) is 11.5 Å². The van der Waals surface area contributed by atoms with E-state index in [0.29, 0.717) is 21.5 Å². The number of alkyl halides is 3. The van der Waals surface area contributed by atoms with Gasteiger partial charge >= 0.3 is 6.18 Å². The second kappa shape index (κ2) is 8.22. The number of fused-ring (bicyclic) bond motifs is 1. The summed E-state index contributed by atoms with van der Waals surface area (Å²) in [5, 5.41) is 4.81. The SMILES string of the molecule is Cc1cc(Cl)cc2/c(=N/C(C)C)oc(-c3cc(C(F)(F)F)nn3-c3ncccc3Cl)nc12. The van der Waals surface area contributed by atoms with E-state index in [-0.39, 0.29) is 34.0 Å². The summed E-state index contributed by atoms with van der Waals surface area (Å²) >= 11 is 12.4. The molecule has 0 atom stereocenters. The maximum atomic E-state index is 13.5. The zero-order valence-corrected chi connectivity index (χ0v) is 18.6. The second-order valence-electron chi connectivity index (χ2n) is 7.30. The Labute approximate surface area is 190 Å². The molecule has 4 rings (SSSR count). The molecule has 0 N–H and O–H groups in total. The van der Waals surface area contributed by atoms with Crippen LogP contribution in [0.3, 0.4) is 0 Å². The summed E-state index contributed by atoms with van der Waals surface area (Å²) in [6.07, 6.45) is -3.30. The van der Waals surface area contributed by atoms with Crippen molar-refractivity contribution in [3.05, 3.63) is 63.4 Å². The highest BCUT2D eigenvalue weighted by atomic mass is 35.5.